The molecule has 2 rings (SSSR count). The van der Waals surface area contributed by atoms with E-state index in [4.69, 9.17) is 5.73 Å². The van der Waals surface area contributed by atoms with Gasteiger partial charge in [0.15, 0.2) is 0 Å². The first kappa shape index (κ1) is 13.6. The number of hydrogen-bond acceptors (Lipinski definition) is 2. The van der Waals surface area contributed by atoms with Gasteiger partial charge in [-0.3, -0.25) is 0 Å². The molecule has 1 fully saturated rings. The average Bonchev–Trinajstić information content (AvgIpc) is 2.40. The summed E-state index contributed by atoms with van der Waals surface area (Å²) in [6.07, 6.45) is 2.53. The first-order chi connectivity index (χ1) is 8.66. The number of piperidine rings is 1. The van der Waals surface area contributed by atoms with E-state index in [9.17, 15) is 0 Å². The minimum atomic E-state index is 0.360. The largest absolute Gasteiger partial charge is 0.328 e. The van der Waals surface area contributed by atoms with Gasteiger partial charge in [0.1, 0.15) is 0 Å². The van der Waals surface area contributed by atoms with E-state index in [0.29, 0.717) is 12.0 Å². The SMILES string of the molecule is CC(CN1CCC(C(C)N)CC1)c1ccccc1. The summed E-state index contributed by atoms with van der Waals surface area (Å²) in [5.41, 5.74) is 7.44. The minimum Gasteiger partial charge on any atom is -0.328 e. The lowest BCUT2D eigenvalue weighted by Crippen LogP contribution is -2.40. The van der Waals surface area contributed by atoms with Crippen molar-refractivity contribution in [3.05, 3.63) is 35.9 Å². The Bertz CT molecular complexity index is 339. The molecule has 0 amide bonds. The number of nitrogens with zero attached hydrogens (tertiary/aromatic N) is 1. The zero-order chi connectivity index (χ0) is 13.0. The molecule has 0 saturated carbocycles. The topological polar surface area (TPSA) is 29.3 Å². The van der Waals surface area contributed by atoms with Gasteiger partial charge < -0.3 is 10.6 Å². The second-order valence-electron chi connectivity index (χ2n) is 5.81. The van der Waals surface area contributed by atoms with Crippen molar-refractivity contribution in [1.29, 1.82) is 0 Å². The zero-order valence-corrected chi connectivity index (χ0v) is 11.7. The highest BCUT2D eigenvalue weighted by atomic mass is 15.1. The molecule has 1 aromatic carbocycles. The van der Waals surface area contributed by atoms with E-state index in [0.717, 1.165) is 5.92 Å². The van der Waals surface area contributed by atoms with Crippen LogP contribution in [0.2, 0.25) is 0 Å². The smallest absolute Gasteiger partial charge is 0.00476 e. The van der Waals surface area contributed by atoms with Crippen LogP contribution in [0.25, 0.3) is 0 Å². The molecule has 0 spiro atoms. The van der Waals surface area contributed by atoms with E-state index in [-0.39, 0.29) is 0 Å². The van der Waals surface area contributed by atoms with Gasteiger partial charge in [-0.05, 0) is 50.3 Å². The molecule has 1 aliphatic heterocycles. The molecule has 2 heteroatoms. The lowest BCUT2D eigenvalue weighted by Gasteiger charge is -2.35. The number of benzene rings is 1. The van der Waals surface area contributed by atoms with Crippen LogP contribution in [0, 0.1) is 5.92 Å². The molecule has 0 aromatic heterocycles. The van der Waals surface area contributed by atoms with Crippen LogP contribution >= 0.6 is 0 Å². The Labute approximate surface area is 111 Å². The lowest BCUT2D eigenvalue weighted by molar-refractivity contribution is 0.166. The van der Waals surface area contributed by atoms with Crippen molar-refractivity contribution >= 4 is 0 Å². The molecule has 2 N–H and O–H groups in total. The molecule has 1 aliphatic rings. The molecular formula is C16H26N2. The van der Waals surface area contributed by atoms with E-state index < -0.39 is 0 Å². The maximum Gasteiger partial charge on any atom is 0.00476 e. The molecule has 1 heterocycles. The standard InChI is InChI=1S/C16H26N2/c1-13(15-6-4-3-5-7-15)12-18-10-8-16(9-11-18)14(2)17/h3-7,13-14,16H,8-12,17H2,1-2H3. The Kier molecular flexibility index (Phi) is 4.79. The highest BCUT2D eigenvalue weighted by molar-refractivity contribution is 5.19. The van der Waals surface area contributed by atoms with Crippen molar-refractivity contribution in [3.8, 4) is 0 Å². The average molecular weight is 246 g/mol. The molecule has 0 bridgehead atoms. The van der Waals surface area contributed by atoms with Gasteiger partial charge in [-0.15, -0.1) is 0 Å². The summed E-state index contributed by atoms with van der Waals surface area (Å²) in [7, 11) is 0. The van der Waals surface area contributed by atoms with E-state index in [1.807, 2.05) is 0 Å². The third kappa shape index (κ3) is 3.56. The number of likely N-dealkylation sites (tertiary alicyclic amines) is 1. The summed E-state index contributed by atoms with van der Waals surface area (Å²) in [6.45, 7) is 8.07. The van der Waals surface area contributed by atoms with Crippen LogP contribution in [0.4, 0.5) is 0 Å². The van der Waals surface area contributed by atoms with Crippen LogP contribution in [0.3, 0.4) is 0 Å². The fourth-order valence-corrected chi connectivity index (χ4v) is 2.94. The molecule has 18 heavy (non-hydrogen) atoms. The molecule has 100 valence electrons. The Morgan fingerprint density at radius 3 is 2.33 bits per heavy atom. The highest BCUT2D eigenvalue weighted by Gasteiger charge is 2.22. The van der Waals surface area contributed by atoms with Crippen molar-refractivity contribution in [2.45, 2.75) is 38.6 Å². The van der Waals surface area contributed by atoms with Gasteiger partial charge in [0.2, 0.25) is 0 Å². The van der Waals surface area contributed by atoms with E-state index >= 15 is 0 Å². The molecule has 1 saturated heterocycles. The van der Waals surface area contributed by atoms with Crippen molar-refractivity contribution in [2.24, 2.45) is 11.7 Å². The predicted molar refractivity (Wildman–Crippen MR) is 77.7 cm³/mol. The maximum absolute atomic E-state index is 5.99. The minimum absolute atomic E-state index is 0.360. The fourth-order valence-electron chi connectivity index (χ4n) is 2.94. The summed E-state index contributed by atoms with van der Waals surface area (Å²) in [6, 6.07) is 11.2. The lowest BCUT2D eigenvalue weighted by atomic mass is 9.90. The van der Waals surface area contributed by atoms with Gasteiger partial charge in [0.25, 0.3) is 0 Å². The normalized spacial score (nSPS) is 21.7. The van der Waals surface area contributed by atoms with Crippen molar-refractivity contribution < 1.29 is 0 Å². The van der Waals surface area contributed by atoms with Gasteiger partial charge in [-0.25, -0.2) is 0 Å². The molecule has 0 aliphatic carbocycles. The van der Waals surface area contributed by atoms with Gasteiger partial charge >= 0.3 is 0 Å². The molecule has 2 unspecified atom stereocenters. The van der Waals surface area contributed by atoms with E-state index in [1.54, 1.807) is 0 Å². The van der Waals surface area contributed by atoms with Gasteiger partial charge in [-0.1, -0.05) is 37.3 Å². The molecular weight excluding hydrogens is 220 g/mol. The van der Waals surface area contributed by atoms with Crippen LogP contribution in [0.1, 0.15) is 38.2 Å². The van der Waals surface area contributed by atoms with Crippen LogP contribution in [0.15, 0.2) is 30.3 Å². The summed E-state index contributed by atoms with van der Waals surface area (Å²) >= 11 is 0. The summed E-state index contributed by atoms with van der Waals surface area (Å²) in [5.74, 6) is 1.35. The van der Waals surface area contributed by atoms with E-state index in [2.05, 4.69) is 49.1 Å². The maximum atomic E-state index is 5.99. The first-order valence-electron chi connectivity index (χ1n) is 7.19. The zero-order valence-electron chi connectivity index (χ0n) is 11.7. The summed E-state index contributed by atoms with van der Waals surface area (Å²) in [5, 5.41) is 0. The molecule has 1 aromatic rings. The molecule has 2 nitrogen and oxygen atoms in total. The molecule has 2 atom stereocenters. The van der Waals surface area contributed by atoms with Gasteiger partial charge in [-0.2, -0.15) is 0 Å². The van der Waals surface area contributed by atoms with Crippen molar-refractivity contribution in [3.63, 3.8) is 0 Å². The monoisotopic (exact) mass is 246 g/mol. The van der Waals surface area contributed by atoms with Crippen LogP contribution in [-0.4, -0.2) is 30.6 Å². The Morgan fingerprint density at radius 2 is 1.78 bits per heavy atom. The molecule has 0 radical (unpaired) electrons. The Morgan fingerprint density at radius 1 is 1.17 bits per heavy atom. The summed E-state index contributed by atoms with van der Waals surface area (Å²) < 4.78 is 0. The van der Waals surface area contributed by atoms with Crippen molar-refractivity contribution in [2.75, 3.05) is 19.6 Å². The van der Waals surface area contributed by atoms with E-state index in [1.165, 1.54) is 38.0 Å². The second-order valence-corrected chi connectivity index (χ2v) is 5.81. The first-order valence-corrected chi connectivity index (χ1v) is 7.19. The van der Waals surface area contributed by atoms with Crippen LogP contribution < -0.4 is 5.73 Å². The number of hydrogen-bond donors (Lipinski definition) is 1. The number of nitrogens with two attached hydrogens (primary N) is 1. The van der Waals surface area contributed by atoms with Gasteiger partial charge in [0.05, 0.1) is 0 Å². The van der Waals surface area contributed by atoms with Crippen LogP contribution in [-0.2, 0) is 0 Å². The van der Waals surface area contributed by atoms with Crippen molar-refractivity contribution in [1.82, 2.24) is 4.90 Å². The third-order valence-electron chi connectivity index (χ3n) is 4.28. The fraction of sp³-hybridized carbons (Fsp3) is 0.625. The highest BCUT2D eigenvalue weighted by Crippen LogP contribution is 2.22. The predicted octanol–water partition coefficient (Wildman–Crippen LogP) is 2.85. The van der Waals surface area contributed by atoms with Crippen LogP contribution in [0.5, 0.6) is 0 Å². The van der Waals surface area contributed by atoms with Gasteiger partial charge in [0, 0.05) is 12.6 Å². The third-order valence-corrected chi connectivity index (χ3v) is 4.28. The Hall–Kier alpha value is -0.860. The second kappa shape index (κ2) is 6.35. The summed E-state index contributed by atoms with van der Waals surface area (Å²) in [4.78, 5) is 2.59. The quantitative estimate of drug-likeness (QED) is 0.885. The number of rotatable bonds is 4. The Balaban J connectivity index is 1.81.